The molecule has 5 nitrogen and oxygen atoms in total. The first-order valence-corrected chi connectivity index (χ1v) is 14.6. The molecule has 0 atom stereocenters. The molecule has 4 aromatic carbocycles. The first-order chi connectivity index (χ1) is 19.7. The highest BCUT2D eigenvalue weighted by Crippen LogP contribution is 2.45. The second kappa shape index (κ2) is 12.5. The van der Waals surface area contributed by atoms with Crippen LogP contribution in [0.15, 0.2) is 97.1 Å². The van der Waals surface area contributed by atoms with Crippen LogP contribution in [0.25, 0.3) is 20.5 Å². The van der Waals surface area contributed by atoms with E-state index in [0.29, 0.717) is 30.5 Å². The normalized spacial score (nSPS) is 13.4. The third kappa shape index (κ3) is 6.24. The number of likely N-dealkylation sites (tertiary alicyclic amines) is 1. The molecule has 0 unspecified atom stereocenters. The molecule has 5 aromatic rings. The number of thiophene rings is 1. The molecule has 1 aliphatic heterocycles. The standard InChI is InChI=1S/C34H33NO4S/c1-36-30-23-31(38-24-25-9-3-2-4-10-25)32(22-29(30)34-21-26-11-5-6-12-33(26)40-34)39-28-15-13-27(14-16-28)37-20-19-35-17-7-8-18-35/h2-6,9-16,21-23H,7-8,17-20,24H2,1H3. The van der Waals surface area contributed by atoms with Crippen molar-refractivity contribution in [2.24, 2.45) is 0 Å². The van der Waals surface area contributed by atoms with Crippen molar-refractivity contribution in [3.63, 3.8) is 0 Å². The SMILES string of the molecule is COc1cc(OCc2ccccc2)c(Oc2ccc(OCCN3CCCC3)cc2)cc1-c1cc2ccccc2s1. The van der Waals surface area contributed by atoms with E-state index in [0.717, 1.165) is 34.0 Å². The zero-order valence-electron chi connectivity index (χ0n) is 22.7. The Kier molecular flexibility index (Phi) is 8.17. The summed E-state index contributed by atoms with van der Waals surface area (Å²) in [5.74, 6) is 3.55. The molecule has 0 amide bonds. The van der Waals surface area contributed by atoms with Crippen molar-refractivity contribution in [1.82, 2.24) is 4.90 Å². The zero-order chi connectivity index (χ0) is 27.1. The van der Waals surface area contributed by atoms with Gasteiger partial charge in [-0.05, 0) is 79.3 Å². The van der Waals surface area contributed by atoms with Gasteiger partial charge in [-0.1, -0.05) is 48.5 Å². The highest BCUT2D eigenvalue weighted by molar-refractivity contribution is 7.22. The van der Waals surface area contributed by atoms with Crippen LogP contribution < -0.4 is 18.9 Å². The van der Waals surface area contributed by atoms with E-state index >= 15 is 0 Å². The summed E-state index contributed by atoms with van der Waals surface area (Å²) in [6, 6.07) is 32.4. The molecular formula is C34H33NO4S. The Morgan fingerprint density at radius 2 is 1.48 bits per heavy atom. The van der Waals surface area contributed by atoms with E-state index in [1.54, 1.807) is 18.4 Å². The predicted octanol–water partition coefficient (Wildman–Crippen LogP) is 8.42. The van der Waals surface area contributed by atoms with Crippen molar-refractivity contribution in [1.29, 1.82) is 0 Å². The lowest BCUT2D eigenvalue weighted by molar-refractivity contribution is 0.237. The molecule has 1 fully saturated rings. The highest BCUT2D eigenvalue weighted by Gasteiger charge is 2.18. The first-order valence-electron chi connectivity index (χ1n) is 13.8. The van der Waals surface area contributed by atoms with Crippen molar-refractivity contribution in [2.45, 2.75) is 19.4 Å². The second-order valence-corrected chi connectivity index (χ2v) is 11.0. The van der Waals surface area contributed by atoms with Gasteiger partial charge in [0.1, 0.15) is 30.5 Å². The molecule has 6 heteroatoms. The van der Waals surface area contributed by atoms with Gasteiger partial charge in [-0.3, -0.25) is 4.90 Å². The molecule has 2 heterocycles. The molecule has 0 spiro atoms. The van der Waals surface area contributed by atoms with Gasteiger partial charge in [-0.15, -0.1) is 11.3 Å². The number of ether oxygens (including phenoxy) is 4. The fraction of sp³-hybridized carbons (Fsp3) is 0.235. The van der Waals surface area contributed by atoms with E-state index in [-0.39, 0.29) is 0 Å². The smallest absolute Gasteiger partial charge is 0.170 e. The van der Waals surface area contributed by atoms with Crippen molar-refractivity contribution >= 4 is 21.4 Å². The van der Waals surface area contributed by atoms with E-state index in [1.807, 2.05) is 66.7 Å². The number of hydrogen-bond donors (Lipinski definition) is 0. The van der Waals surface area contributed by atoms with E-state index < -0.39 is 0 Å². The van der Waals surface area contributed by atoms with E-state index in [2.05, 4.69) is 35.2 Å². The summed E-state index contributed by atoms with van der Waals surface area (Å²) in [5, 5.41) is 1.21. The van der Waals surface area contributed by atoms with Gasteiger partial charge in [0.05, 0.1) is 7.11 Å². The predicted molar refractivity (Wildman–Crippen MR) is 162 cm³/mol. The van der Waals surface area contributed by atoms with Gasteiger partial charge in [-0.2, -0.15) is 0 Å². The molecule has 6 rings (SSSR count). The second-order valence-electron chi connectivity index (χ2n) is 9.89. The van der Waals surface area contributed by atoms with E-state index in [9.17, 15) is 0 Å². The van der Waals surface area contributed by atoms with Gasteiger partial charge in [0.25, 0.3) is 0 Å². The van der Waals surface area contributed by atoms with Crippen molar-refractivity contribution in [2.75, 3.05) is 33.4 Å². The number of methoxy groups -OCH3 is 1. The third-order valence-corrected chi connectivity index (χ3v) is 8.27. The van der Waals surface area contributed by atoms with Gasteiger partial charge < -0.3 is 18.9 Å². The molecular weight excluding hydrogens is 518 g/mol. The first kappa shape index (κ1) is 26.2. The maximum atomic E-state index is 6.43. The third-order valence-electron chi connectivity index (χ3n) is 7.12. The quantitative estimate of drug-likeness (QED) is 0.165. The Morgan fingerprint density at radius 3 is 2.25 bits per heavy atom. The summed E-state index contributed by atoms with van der Waals surface area (Å²) in [6.45, 7) is 4.43. The number of fused-ring (bicyclic) bond motifs is 1. The largest absolute Gasteiger partial charge is 0.496 e. The lowest BCUT2D eigenvalue weighted by Gasteiger charge is -2.17. The minimum absolute atomic E-state index is 0.423. The highest BCUT2D eigenvalue weighted by atomic mass is 32.1. The van der Waals surface area contributed by atoms with Crippen LogP contribution in [-0.4, -0.2) is 38.3 Å². The Hall–Kier alpha value is -4.00. The van der Waals surface area contributed by atoms with Gasteiger partial charge >= 0.3 is 0 Å². The average molecular weight is 552 g/mol. The van der Waals surface area contributed by atoms with Gasteiger partial charge in [-0.25, -0.2) is 0 Å². The maximum Gasteiger partial charge on any atom is 0.170 e. The van der Waals surface area contributed by atoms with Crippen molar-refractivity contribution in [3.8, 4) is 39.2 Å². The summed E-state index contributed by atoms with van der Waals surface area (Å²) >= 11 is 1.73. The van der Waals surface area contributed by atoms with Gasteiger partial charge in [0.15, 0.2) is 11.5 Å². The zero-order valence-corrected chi connectivity index (χ0v) is 23.5. The van der Waals surface area contributed by atoms with Gasteiger partial charge in [0.2, 0.25) is 0 Å². The summed E-state index contributed by atoms with van der Waals surface area (Å²) in [7, 11) is 1.69. The molecule has 40 heavy (non-hydrogen) atoms. The van der Waals surface area contributed by atoms with Crippen LogP contribution in [0.1, 0.15) is 18.4 Å². The molecule has 0 aliphatic carbocycles. The van der Waals surface area contributed by atoms with E-state index in [4.69, 9.17) is 18.9 Å². The molecule has 0 bridgehead atoms. The van der Waals surface area contributed by atoms with Crippen LogP contribution in [-0.2, 0) is 6.61 Å². The maximum absolute atomic E-state index is 6.43. The molecule has 0 radical (unpaired) electrons. The van der Waals surface area contributed by atoms with Crippen LogP contribution in [0.2, 0.25) is 0 Å². The van der Waals surface area contributed by atoms with E-state index in [1.165, 1.54) is 36.0 Å². The number of benzene rings is 4. The minimum atomic E-state index is 0.423. The number of hydrogen-bond acceptors (Lipinski definition) is 6. The summed E-state index contributed by atoms with van der Waals surface area (Å²) in [4.78, 5) is 3.56. The Bertz CT molecular complexity index is 1510. The lowest BCUT2D eigenvalue weighted by atomic mass is 10.1. The summed E-state index contributed by atoms with van der Waals surface area (Å²) < 4.78 is 25.8. The Morgan fingerprint density at radius 1 is 0.725 bits per heavy atom. The van der Waals surface area contributed by atoms with Crippen molar-refractivity contribution < 1.29 is 18.9 Å². The molecule has 0 saturated carbocycles. The molecule has 0 N–H and O–H groups in total. The van der Waals surface area contributed by atoms with Crippen LogP contribution in [0.5, 0.6) is 28.7 Å². The number of nitrogens with zero attached hydrogens (tertiary/aromatic N) is 1. The molecule has 1 aromatic heterocycles. The fourth-order valence-corrected chi connectivity index (χ4v) is 6.06. The fourth-order valence-electron chi connectivity index (χ4n) is 4.97. The molecule has 1 aliphatic rings. The van der Waals surface area contributed by atoms with Crippen LogP contribution in [0.3, 0.4) is 0 Å². The summed E-state index contributed by atoms with van der Waals surface area (Å²) in [5.41, 5.74) is 2.05. The Labute approximate surface area is 239 Å². The number of rotatable bonds is 11. The topological polar surface area (TPSA) is 40.2 Å². The molecule has 1 saturated heterocycles. The van der Waals surface area contributed by atoms with Gasteiger partial charge in [0, 0.05) is 27.8 Å². The van der Waals surface area contributed by atoms with Crippen molar-refractivity contribution in [3.05, 3.63) is 103 Å². The Balaban J connectivity index is 1.26. The average Bonchev–Trinajstić information content (AvgIpc) is 3.68. The summed E-state index contributed by atoms with van der Waals surface area (Å²) in [6.07, 6.45) is 2.58. The monoisotopic (exact) mass is 551 g/mol. The van der Waals surface area contributed by atoms with Crippen LogP contribution in [0.4, 0.5) is 0 Å². The lowest BCUT2D eigenvalue weighted by Crippen LogP contribution is -2.25. The van der Waals surface area contributed by atoms with Crippen LogP contribution >= 0.6 is 11.3 Å². The minimum Gasteiger partial charge on any atom is -0.496 e. The molecule has 204 valence electrons. The van der Waals surface area contributed by atoms with Crippen LogP contribution in [0, 0.1) is 0 Å².